The maximum absolute atomic E-state index is 10.8. The summed E-state index contributed by atoms with van der Waals surface area (Å²) in [6, 6.07) is 0. The van der Waals surface area contributed by atoms with Gasteiger partial charge in [-0.05, 0) is 13.0 Å². The van der Waals surface area contributed by atoms with Crippen molar-refractivity contribution < 1.29 is 8.42 Å². The van der Waals surface area contributed by atoms with Gasteiger partial charge in [0, 0.05) is 6.54 Å². The van der Waals surface area contributed by atoms with E-state index in [0.29, 0.717) is 13.0 Å². The van der Waals surface area contributed by atoms with Crippen LogP contribution in [0.3, 0.4) is 0 Å². The summed E-state index contributed by atoms with van der Waals surface area (Å²) in [6.07, 6.45) is 0.641. The molecule has 1 aliphatic heterocycles. The molecular formula is C5H10NO2S. The molecule has 0 atom stereocenters. The molecule has 9 heavy (non-hydrogen) atoms. The average molecular weight is 148 g/mol. The Balaban J connectivity index is 2.56. The molecule has 1 aliphatic rings. The fourth-order valence-electron chi connectivity index (χ4n) is 0.763. The quantitative estimate of drug-likeness (QED) is 0.506. The largest absolute Gasteiger partial charge is 0.316 e. The average Bonchev–Trinajstić information content (AvgIpc) is 1.92. The van der Waals surface area contributed by atoms with Crippen molar-refractivity contribution in [1.29, 1.82) is 0 Å². The molecule has 3 nitrogen and oxygen atoms in total. The van der Waals surface area contributed by atoms with E-state index in [1.165, 1.54) is 5.75 Å². The third-order valence-electron chi connectivity index (χ3n) is 1.26. The first-order chi connectivity index (χ1) is 4.21. The highest BCUT2D eigenvalue weighted by atomic mass is 32.2. The first-order valence-electron chi connectivity index (χ1n) is 2.97. The minimum absolute atomic E-state index is 0.257. The van der Waals surface area contributed by atoms with Gasteiger partial charge in [-0.3, -0.25) is 0 Å². The predicted octanol–water partition coefficient (Wildman–Crippen LogP) is -0.444. The number of hydrogen-bond acceptors (Lipinski definition) is 3. The van der Waals surface area contributed by atoms with Gasteiger partial charge in [0.2, 0.25) is 0 Å². The SMILES string of the molecule is O=S1(=O)[CH]CCNCC1. The monoisotopic (exact) mass is 148 g/mol. The van der Waals surface area contributed by atoms with E-state index < -0.39 is 9.84 Å². The highest BCUT2D eigenvalue weighted by Crippen LogP contribution is 2.01. The van der Waals surface area contributed by atoms with Crippen molar-refractivity contribution in [3.63, 3.8) is 0 Å². The van der Waals surface area contributed by atoms with E-state index >= 15 is 0 Å². The minimum Gasteiger partial charge on any atom is -0.316 e. The van der Waals surface area contributed by atoms with Crippen LogP contribution in [-0.4, -0.2) is 27.3 Å². The van der Waals surface area contributed by atoms with Crippen LogP contribution in [0.15, 0.2) is 0 Å². The van der Waals surface area contributed by atoms with Crippen LogP contribution in [-0.2, 0) is 9.84 Å². The molecule has 0 aromatic heterocycles. The van der Waals surface area contributed by atoms with Crippen LogP contribution in [0.1, 0.15) is 6.42 Å². The lowest BCUT2D eigenvalue weighted by Gasteiger charge is -1.93. The molecule has 53 valence electrons. The molecule has 1 saturated heterocycles. The predicted molar refractivity (Wildman–Crippen MR) is 35.6 cm³/mol. The number of rotatable bonds is 0. The summed E-state index contributed by atoms with van der Waals surface area (Å²) < 4.78 is 21.6. The van der Waals surface area contributed by atoms with Crippen molar-refractivity contribution in [2.75, 3.05) is 18.8 Å². The molecule has 0 spiro atoms. The maximum Gasteiger partial charge on any atom is 0.155 e. The number of sulfone groups is 1. The standard InChI is InChI=1S/C5H10NO2S/c7-9(8)4-1-2-6-3-5-9/h4,6H,1-3,5H2. The lowest BCUT2D eigenvalue weighted by atomic mass is 10.5. The maximum atomic E-state index is 10.8. The lowest BCUT2D eigenvalue weighted by Crippen LogP contribution is -2.18. The zero-order chi connectivity index (χ0) is 6.74. The molecule has 1 fully saturated rings. The Morgan fingerprint density at radius 3 is 2.89 bits per heavy atom. The summed E-state index contributed by atoms with van der Waals surface area (Å²) in [5.41, 5.74) is 0. The molecule has 0 amide bonds. The molecule has 0 saturated carbocycles. The van der Waals surface area contributed by atoms with E-state index in [1.54, 1.807) is 0 Å². The summed E-state index contributed by atoms with van der Waals surface area (Å²) in [5.74, 6) is 1.65. The van der Waals surface area contributed by atoms with Crippen LogP contribution in [0.5, 0.6) is 0 Å². The van der Waals surface area contributed by atoms with Gasteiger partial charge in [-0.1, -0.05) is 0 Å². The third-order valence-corrected chi connectivity index (χ3v) is 2.77. The van der Waals surface area contributed by atoms with Gasteiger partial charge in [0.25, 0.3) is 0 Å². The lowest BCUT2D eigenvalue weighted by molar-refractivity contribution is 0.601. The van der Waals surface area contributed by atoms with Crippen LogP contribution >= 0.6 is 0 Å². The van der Waals surface area contributed by atoms with Crippen LogP contribution in [0.2, 0.25) is 0 Å². The van der Waals surface area contributed by atoms with Crippen molar-refractivity contribution in [3.8, 4) is 0 Å². The van der Waals surface area contributed by atoms with E-state index in [2.05, 4.69) is 5.32 Å². The second-order valence-electron chi connectivity index (χ2n) is 2.07. The first-order valence-corrected chi connectivity index (χ1v) is 4.69. The molecule has 1 rings (SSSR count). The highest BCUT2D eigenvalue weighted by Gasteiger charge is 2.12. The fourth-order valence-corrected chi connectivity index (χ4v) is 1.84. The Bertz CT molecular complexity index is 159. The van der Waals surface area contributed by atoms with Crippen LogP contribution in [0, 0.1) is 5.75 Å². The smallest absolute Gasteiger partial charge is 0.155 e. The van der Waals surface area contributed by atoms with Gasteiger partial charge < -0.3 is 5.32 Å². The topological polar surface area (TPSA) is 46.2 Å². The molecular weight excluding hydrogens is 138 g/mol. The van der Waals surface area contributed by atoms with Crippen LogP contribution < -0.4 is 5.32 Å². The zero-order valence-electron chi connectivity index (χ0n) is 5.13. The normalized spacial score (nSPS) is 27.1. The summed E-state index contributed by atoms with van der Waals surface area (Å²) in [6.45, 7) is 1.39. The molecule has 1 radical (unpaired) electrons. The van der Waals surface area contributed by atoms with Gasteiger partial charge in [-0.25, -0.2) is 8.42 Å². The summed E-state index contributed by atoms with van der Waals surface area (Å²) in [4.78, 5) is 0. The van der Waals surface area contributed by atoms with Crippen molar-refractivity contribution in [2.45, 2.75) is 6.42 Å². The zero-order valence-corrected chi connectivity index (χ0v) is 5.95. The van der Waals surface area contributed by atoms with E-state index in [4.69, 9.17) is 0 Å². The van der Waals surface area contributed by atoms with Gasteiger partial charge in [-0.2, -0.15) is 0 Å². The minimum atomic E-state index is -2.81. The fraction of sp³-hybridized carbons (Fsp3) is 0.800. The van der Waals surface area contributed by atoms with E-state index in [0.717, 1.165) is 6.54 Å². The van der Waals surface area contributed by atoms with Crippen LogP contribution in [0.25, 0.3) is 0 Å². The Morgan fingerprint density at radius 2 is 2.11 bits per heavy atom. The summed E-state index contributed by atoms with van der Waals surface area (Å²) in [5, 5.41) is 2.99. The molecule has 1 N–H and O–H groups in total. The molecule has 4 heteroatoms. The van der Waals surface area contributed by atoms with Gasteiger partial charge in [-0.15, -0.1) is 0 Å². The number of nitrogens with one attached hydrogen (secondary N) is 1. The Kier molecular flexibility index (Phi) is 2.08. The Morgan fingerprint density at radius 1 is 1.33 bits per heavy atom. The Hall–Kier alpha value is -0.0900. The van der Waals surface area contributed by atoms with Gasteiger partial charge in [0.05, 0.1) is 11.5 Å². The Labute approximate surface area is 55.4 Å². The first kappa shape index (κ1) is 7.02. The van der Waals surface area contributed by atoms with Crippen molar-refractivity contribution in [3.05, 3.63) is 5.75 Å². The molecule has 0 aromatic carbocycles. The van der Waals surface area contributed by atoms with Crippen molar-refractivity contribution >= 4 is 9.84 Å². The molecule has 0 bridgehead atoms. The summed E-state index contributed by atoms with van der Waals surface area (Å²) >= 11 is 0. The highest BCUT2D eigenvalue weighted by molar-refractivity contribution is 7.93. The van der Waals surface area contributed by atoms with E-state index in [-0.39, 0.29) is 5.75 Å². The van der Waals surface area contributed by atoms with Crippen molar-refractivity contribution in [1.82, 2.24) is 5.32 Å². The van der Waals surface area contributed by atoms with E-state index in [1.807, 2.05) is 0 Å². The molecule has 0 unspecified atom stereocenters. The van der Waals surface area contributed by atoms with Gasteiger partial charge >= 0.3 is 0 Å². The van der Waals surface area contributed by atoms with E-state index in [9.17, 15) is 8.42 Å². The molecule has 1 heterocycles. The second kappa shape index (κ2) is 2.66. The third kappa shape index (κ3) is 2.32. The second-order valence-corrected chi connectivity index (χ2v) is 4.14. The molecule has 0 aliphatic carbocycles. The van der Waals surface area contributed by atoms with Gasteiger partial charge in [0.15, 0.2) is 9.84 Å². The van der Waals surface area contributed by atoms with Gasteiger partial charge in [0.1, 0.15) is 0 Å². The van der Waals surface area contributed by atoms with Crippen molar-refractivity contribution in [2.24, 2.45) is 0 Å². The van der Waals surface area contributed by atoms with Crippen LogP contribution in [0.4, 0.5) is 0 Å². The molecule has 0 aromatic rings. The summed E-state index contributed by atoms with van der Waals surface area (Å²) in [7, 11) is -2.81. The number of hydrogen-bond donors (Lipinski definition) is 1.